The highest BCUT2D eigenvalue weighted by atomic mass is 28.4. The molecule has 0 saturated heterocycles. The highest BCUT2D eigenvalue weighted by molar-refractivity contribution is 6.70. The quantitative estimate of drug-likeness (QED) is 0.238. The minimum absolute atomic E-state index is 0.441. The van der Waals surface area contributed by atoms with Crippen molar-refractivity contribution in [2.75, 3.05) is 14.2 Å². The van der Waals surface area contributed by atoms with Crippen LogP contribution in [0.3, 0.4) is 0 Å². The molecule has 0 bridgehead atoms. The molecule has 0 aliphatic heterocycles. The fourth-order valence-electron chi connectivity index (χ4n) is 0.775. The molecule has 0 saturated carbocycles. The molecule has 0 unspecified atom stereocenters. The predicted octanol–water partition coefficient (Wildman–Crippen LogP) is 2.05. The van der Waals surface area contributed by atoms with Crippen LogP contribution in [-0.4, -0.2) is 28.5 Å². The number of carbonyl (C=O) groups is 1. The minimum Gasteiger partial charge on any atom is -0.544 e. The Morgan fingerprint density at radius 1 is 1.20 bits per heavy atom. The maximum absolute atomic E-state index is 11.0. The molecule has 0 aliphatic carbocycles. The van der Waals surface area contributed by atoms with Crippen molar-refractivity contribution in [3.63, 3.8) is 0 Å². The van der Waals surface area contributed by atoms with E-state index < -0.39 is 14.3 Å². The van der Waals surface area contributed by atoms with Gasteiger partial charge in [0.1, 0.15) is 5.76 Å². The molecular formula is C10H18O4Si. The van der Waals surface area contributed by atoms with Gasteiger partial charge in [0.25, 0.3) is 0 Å². The van der Waals surface area contributed by atoms with Gasteiger partial charge in [-0.25, -0.2) is 4.79 Å². The van der Waals surface area contributed by atoms with Gasteiger partial charge >= 0.3 is 5.97 Å². The van der Waals surface area contributed by atoms with Crippen LogP contribution in [0.1, 0.15) is 0 Å². The summed E-state index contributed by atoms with van der Waals surface area (Å²) < 4.78 is 14.9. The lowest BCUT2D eigenvalue weighted by Gasteiger charge is -2.19. The highest BCUT2D eigenvalue weighted by Crippen LogP contribution is 2.11. The zero-order valence-corrected chi connectivity index (χ0v) is 10.9. The van der Waals surface area contributed by atoms with Gasteiger partial charge in [0.2, 0.25) is 8.32 Å². The Morgan fingerprint density at radius 2 is 1.80 bits per heavy atom. The largest absolute Gasteiger partial charge is 0.544 e. The molecule has 0 aromatic carbocycles. The zero-order valence-electron chi connectivity index (χ0n) is 9.87. The fourth-order valence-corrected chi connectivity index (χ4v) is 1.61. The Morgan fingerprint density at radius 3 is 2.20 bits per heavy atom. The van der Waals surface area contributed by atoms with E-state index in [0.717, 1.165) is 0 Å². The molecule has 86 valence electrons. The van der Waals surface area contributed by atoms with Crippen LogP contribution in [-0.2, 0) is 18.7 Å². The number of hydrogen-bond donors (Lipinski definition) is 0. The zero-order chi connectivity index (χ0) is 11.9. The molecule has 0 aromatic rings. The van der Waals surface area contributed by atoms with E-state index in [1.807, 2.05) is 19.6 Å². The van der Waals surface area contributed by atoms with Crippen LogP contribution in [0.2, 0.25) is 19.6 Å². The second-order valence-electron chi connectivity index (χ2n) is 3.82. The summed E-state index contributed by atoms with van der Waals surface area (Å²) in [7, 11) is 1.12. The highest BCUT2D eigenvalue weighted by Gasteiger charge is 2.17. The van der Waals surface area contributed by atoms with Gasteiger partial charge in [0, 0.05) is 6.08 Å². The number of carbonyl (C=O) groups excluding carboxylic acids is 1. The molecule has 4 nitrogen and oxygen atoms in total. The number of hydrogen-bond acceptors (Lipinski definition) is 4. The first-order chi connectivity index (χ1) is 6.89. The average molecular weight is 230 g/mol. The van der Waals surface area contributed by atoms with Crippen molar-refractivity contribution in [2.45, 2.75) is 19.6 Å². The molecule has 0 rings (SSSR count). The lowest BCUT2D eigenvalue weighted by Crippen LogP contribution is -2.24. The third-order valence-corrected chi connectivity index (χ3v) is 2.10. The second kappa shape index (κ2) is 6.29. The molecule has 0 radical (unpaired) electrons. The maximum Gasteiger partial charge on any atom is 0.334 e. The van der Waals surface area contributed by atoms with Crippen LogP contribution in [0.4, 0.5) is 0 Å². The van der Waals surface area contributed by atoms with Gasteiger partial charge in [-0.3, -0.25) is 0 Å². The average Bonchev–Trinajstić information content (AvgIpc) is 2.11. The van der Waals surface area contributed by atoms with Gasteiger partial charge in [-0.2, -0.15) is 0 Å². The normalized spacial score (nSPS) is 12.7. The van der Waals surface area contributed by atoms with E-state index in [1.54, 1.807) is 6.08 Å². The monoisotopic (exact) mass is 230 g/mol. The van der Waals surface area contributed by atoms with Crippen LogP contribution in [0.25, 0.3) is 0 Å². The van der Waals surface area contributed by atoms with Crippen molar-refractivity contribution < 1.29 is 18.7 Å². The summed E-state index contributed by atoms with van der Waals surface area (Å²) in [5, 5.41) is 0. The topological polar surface area (TPSA) is 44.8 Å². The molecule has 0 heterocycles. The molecule has 15 heavy (non-hydrogen) atoms. The first-order valence-electron chi connectivity index (χ1n) is 4.57. The molecule has 0 amide bonds. The third-order valence-electron chi connectivity index (χ3n) is 1.25. The number of methoxy groups -OCH3 is 2. The summed E-state index contributed by atoms with van der Waals surface area (Å²) in [6, 6.07) is 0. The summed E-state index contributed by atoms with van der Waals surface area (Å²) in [4.78, 5) is 11.0. The van der Waals surface area contributed by atoms with E-state index >= 15 is 0 Å². The summed E-state index contributed by atoms with van der Waals surface area (Å²) in [5.74, 6) is 0.0202. The van der Waals surface area contributed by atoms with Gasteiger partial charge in [-0.15, -0.1) is 0 Å². The molecule has 0 atom stereocenters. The van der Waals surface area contributed by atoms with Gasteiger partial charge in [-0.1, -0.05) is 0 Å². The summed E-state index contributed by atoms with van der Waals surface area (Å²) in [5.41, 5.74) is 0. The lowest BCUT2D eigenvalue weighted by atomic mass is 10.4. The van der Waals surface area contributed by atoms with E-state index in [-0.39, 0.29) is 0 Å². The Hall–Kier alpha value is -1.23. The van der Waals surface area contributed by atoms with E-state index in [1.165, 1.54) is 26.6 Å². The molecule has 0 fully saturated rings. The number of rotatable bonds is 5. The van der Waals surface area contributed by atoms with E-state index in [4.69, 9.17) is 9.16 Å². The first-order valence-corrected chi connectivity index (χ1v) is 7.98. The summed E-state index contributed by atoms with van der Waals surface area (Å²) in [6.45, 7) is 6.08. The Balaban J connectivity index is 4.66. The molecule has 0 aromatic heterocycles. The van der Waals surface area contributed by atoms with Crippen molar-refractivity contribution in [3.05, 3.63) is 24.2 Å². The molecule has 0 aliphatic rings. The second-order valence-corrected chi connectivity index (χ2v) is 8.25. The minimum atomic E-state index is -1.73. The molecule has 0 spiro atoms. The fraction of sp³-hybridized carbons (Fsp3) is 0.500. The SMILES string of the molecule is CO/C=C/C(=C/C(=O)OC)O[Si](C)(C)C. The van der Waals surface area contributed by atoms with Crippen LogP contribution in [0, 0.1) is 0 Å². The van der Waals surface area contributed by atoms with Crippen LogP contribution >= 0.6 is 0 Å². The van der Waals surface area contributed by atoms with Gasteiger partial charge in [-0.05, 0) is 19.6 Å². The number of ether oxygens (including phenoxy) is 2. The predicted molar refractivity (Wildman–Crippen MR) is 60.7 cm³/mol. The van der Waals surface area contributed by atoms with Crippen molar-refractivity contribution in [1.29, 1.82) is 0 Å². The van der Waals surface area contributed by atoms with E-state index in [9.17, 15) is 4.79 Å². The first kappa shape index (κ1) is 13.8. The number of esters is 1. The molecular weight excluding hydrogens is 212 g/mol. The van der Waals surface area contributed by atoms with Crippen molar-refractivity contribution in [1.82, 2.24) is 0 Å². The Labute approximate surface area is 91.7 Å². The third kappa shape index (κ3) is 7.81. The standard InChI is InChI=1S/C10H18O4Si/c1-12-7-6-9(8-10(11)13-2)14-15(3,4)5/h6-8H,1-5H3/b7-6+,9-8-. The Kier molecular flexibility index (Phi) is 5.77. The molecule has 5 heteroatoms. The van der Waals surface area contributed by atoms with E-state index in [2.05, 4.69) is 4.74 Å². The maximum atomic E-state index is 11.0. The van der Waals surface area contributed by atoms with Crippen molar-refractivity contribution in [2.24, 2.45) is 0 Å². The van der Waals surface area contributed by atoms with E-state index in [0.29, 0.717) is 5.76 Å². The van der Waals surface area contributed by atoms with Crippen molar-refractivity contribution in [3.8, 4) is 0 Å². The van der Waals surface area contributed by atoms with Crippen LogP contribution in [0.5, 0.6) is 0 Å². The summed E-state index contributed by atoms with van der Waals surface area (Å²) in [6.07, 6.45) is 4.35. The molecule has 0 N–H and O–H groups in total. The van der Waals surface area contributed by atoms with Gasteiger partial charge in [0.15, 0.2) is 0 Å². The van der Waals surface area contributed by atoms with Gasteiger partial charge < -0.3 is 13.9 Å². The van der Waals surface area contributed by atoms with Crippen LogP contribution in [0.15, 0.2) is 24.2 Å². The Bertz CT molecular complexity index is 263. The summed E-state index contributed by atoms with van der Waals surface area (Å²) >= 11 is 0. The number of allylic oxidation sites excluding steroid dienone is 1. The van der Waals surface area contributed by atoms with Gasteiger partial charge in [0.05, 0.1) is 26.6 Å². The lowest BCUT2D eigenvalue weighted by molar-refractivity contribution is -0.134. The van der Waals surface area contributed by atoms with Crippen molar-refractivity contribution >= 4 is 14.3 Å². The van der Waals surface area contributed by atoms with Crippen LogP contribution < -0.4 is 0 Å². The smallest absolute Gasteiger partial charge is 0.334 e.